The first-order valence-corrected chi connectivity index (χ1v) is 8.77. The lowest BCUT2D eigenvalue weighted by atomic mass is 9.94. The minimum absolute atomic E-state index is 0.629. The average molecular weight is 307 g/mol. The summed E-state index contributed by atoms with van der Waals surface area (Å²) in [5, 5.41) is 4.65. The van der Waals surface area contributed by atoms with Gasteiger partial charge in [-0.05, 0) is 42.4 Å². The Kier molecular flexibility index (Phi) is 4.88. The fraction of sp³-hybridized carbons (Fsp3) is 0.667. The lowest BCUT2D eigenvalue weighted by molar-refractivity contribution is 0.0891. The number of hydrogen-bond acceptors (Lipinski definition) is 2. The Morgan fingerprint density at radius 2 is 2.19 bits per heavy atom. The fourth-order valence-electron chi connectivity index (χ4n) is 3.52. The van der Waals surface area contributed by atoms with Crippen molar-refractivity contribution in [1.29, 1.82) is 0 Å². The van der Waals surface area contributed by atoms with Crippen molar-refractivity contribution in [1.82, 2.24) is 10.2 Å². The largest absolute Gasteiger partial charge is 0.311 e. The first-order valence-electron chi connectivity index (χ1n) is 8.39. The summed E-state index contributed by atoms with van der Waals surface area (Å²) in [4.78, 5) is 2.71. The van der Waals surface area contributed by atoms with Gasteiger partial charge in [-0.1, -0.05) is 44.0 Å². The highest BCUT2D eigenvalue weighted by molar-refractivity contribution is 6.30. The Hall–Kier alpha value is -0.570. The van der Waals surface area contributed by atoms with Crippen molar-refractivity contribution >= 4 is 11.6 Å². The van der Waals surface area contributed by atoms with Crippen LogP contribution in [0, 0.1) is 11.8 Å². The minimum Gasteiger partial charge on any atom is -0.311 e. The topological polar surface area (TPSA) is 15.3 Å². The van der Waals surface area contributed by atoms with Crippen LogP contribution in [0.2, 0.25) is 5.02 Å². The predicted octanol–water partition coefficient (Wildman–Crippen LogP) is 3.94. The fourth-order valence-corrected chi connectivity index (χ4v) is 3.73. The third-order valence-electron chi connectivity index (χ3n) is 5.26. The van der Waals surface area contributed by atoms with Gasteiger partial charge in [-0.3, -0.25) is 4.90 Å². The summed E-state index contributed by atoms with van der Waals surface area (Å²) in [6.45, 7) is 8.02. The summed E-state index contributed by atoms with van der Waals surface area (Å²) in [6.07, 6.45) is 4.07. The van der Waals surface area contributed by atoms with E-state index < -0.39 is 0 Å². The molecule has 2 nitrogen and oxygen atoms in total. The summed E-state index contributed by atoms with van der Waals surface area (Å²) in [7, 11) is 0. The van der Waals surface area contributed by atoms with Crippen LogP contribution in [0.15, 0.2) is 24.3 Å². The summed E-state index contributed by atoms with van der Waals surface area (Å²) >= 11 is 6.14. The molecule has 3 atom stereocenters. The van der Waals surface area contributed by atoms with Crippen LogP contribution in [0.25, 0.3) is 0 Å². The third-order valence-corrected chi connectivity index (χ3v) is 5.50. The molecule has 1 heterocycles. The maximum Gasteiger partial charge on any atom is 0.0409 e. The molecule has 1 saturated heterocycles. The van der Waals surface area contributed by atoms with E-state index in [0.29, 0.717) is 12.1 Å². The first kappa shape index (κ1) is 15.3. The maximum atomic E-state index is 6.14. The van der Waals surface area contributed by atoms with Crippen molar-refractivity contribution in [2.24, 2.45) is 11.8 Å². The predicted molar refractivity (Wildman–Crippen MR) is 89.6 cm³/mol. The second kappa shape index (κ2) is 6.68. The van der Waals surface area contributed by atoms with E-state index in [9.17, 15) is 0 Å². The number of rotatable bonds is 5. The van der Waals surface area contributed by atoms with Crippen LogP contribution < -0.4 is 5.32 Å². The molecular weight excluding hydrogens is 280 g/mol. The molecule has 2 aliphatic rings. The van der Waals surface area contributed by atoms with Crippen LogP contribution >= 0.6 is 11.6 Å². The second-order valence-corrected chi connectivity index (χ2v) is 7.30. The first-order chi connectivity index (χ1) is 10.2. The van der Waals surface area contributed by atoms with E-state index in [0.717, 1.165) is 29.9 Å². The molecule has 3 heteroatoms. The number of hydrogen-bond donors (Lipinski definition) is 1. The highest BCUT2D eigenvalue weighted by Gasteiger charge is 2.39. The number of piperazine rings is 1. The van der Waals surface area contributed by atoms with Gasteiger partial charge >= 0.3 is 0 Å². The second-order valence-electron chi connectivity index (χ2n) is 6.86. The molecule has 1 aromatic rings. The highest BCUT2D eigenvalue weighted by Crippen LogP contribution is 2.37. The molecule has 3 rings (SSSR count). The number of nitrogens with one attached hydrogen (secondary N) is 1. The van der Waals surface area contributed by atoms with Crippen molar-refractivity contribution in [2.75, 3.05) is 13.1 Å². The van der Waals surface area contributed by atoms with E-state index in [-0.39, 0.29) is 0 Å². The molecular formula is C18H27ClN2. The van der Waals surface area contributed by atoms with Crippen molar-refractivity contribution < 1.29 is 0 Å². The van der Waals surface area contributed by atoms with Crippen molar-refractivity contribution in [3.8, 4) is 0 Å². The summed E-state index contributed by atoms with van der Waals surface area (Å²) < 4.78 is 0. The maximum absolute atomic E-state index is 6.14. The molecule has 3 unspecified atom stereocenters. The van der Waals surface area contributed by atoms with Gasteiger partial charge in [0, 0.05) is 36.7 Å². The molecule has 2 fully saturated rings. The molecule has 1 saturated carbocycles. The molecule has 0 aromatic heterocycles. The lowest BCUT2D eigenvalue weighted by Crippen LogP contribution is -2.58. The summed E-state index contributed by atoms with van der Waals surface area (Å²) in [5.74, 6) is 1.65. The molecule has 0 radical (unpaired) electrons. The van der Waals surface area contributed by atoms with E-state index in [1.807, 2.05) is 6.07 Å². The summed E-state index contributed by atoms with van der Waals surface area (Å²) in [5.41, 5.74) is 1.35. The minimum atomic E-state index is 0.629. The van der Waals surface area contributed by atoms with Gasteiger partial charge in [-0.25, -0.2) is 0 Å². The average Bonchev–Trinajstić information content (AvgIpc) is 3.31. The number of nitrogens with zero attached hydrogens (tertiary/aromatic N) is 1. The number of benzene rings is 1. The van der Waals surface area contributed by atoms with Crippen LogP contribution in [0.1, 0.15) is 38.7 Å². The molecule has 0 bridgehead atoms. The Bertz CT molecular complexity index is 472. The molecule has 21 heavy (non-hydrogen) atoms. The molecule has 0 spiro atoms. The Morgan fingerprint density at radius 1 is 1.38 bits per heavy atom. The van der Waals surface area contributed by atoms with Gasteiger partial charge in [0.25, 0.3) is 0 Å². The van der Waals surface area contributed by atoms with Crippen LogP contribution in [-0.2, 0) is 6.54 Å². The zero-order chi connectivity index (χ0) is 14.8. The highest BCUT2D eigenvalue weighted by atomic mass is 35.5. The molecule has 116 valence electrons. The van der Waals surface area contributed by atoms with E-state index in [4.69, 9.17) is 11.6 Å². The Balaban J connectivity index is 1.71. The molecule has 0 amide bonds. The van der Waals surface area contributed by atoms with Gasteiger partial charge in [0.1, 0.15) is 0 Å². The standard InChI is InChI=1S/C18H27ClN2/c1-3-13(2)17-12-21(18(10-20-17)15-7-8-15)11-14-5-4-6-16(19)9-14/h4-6,9,13,15,17-18,20H,3,7-8,10-12H2,1-2H3. The van der Waals surface area contributed by atoms with Crippen LogP contribution in [0.3, 0.4) is 0 Å². The van der Waals surface area contributed by atoms with Crippen LogP contribution in [0.4, 0.5) is 0 Å². The number of halogens is 1. The van der Waals surface area contributed by atoms with E-state index in [1.165, 1.54) is 31.4 Å². The van der Waals surface area contributed by atoms with Gasteiger partial charge < -0.3 is 5.32 Å². The SMILES string of the molecule is CCC(C)C1CN(Cc2cccc(Cl)c2)C(C2CC2)CN1. The molecule has 1 aliphatic carbocycles. The summed E-state index contributed by atoms with van der Waals surface area (Å²) in [6, 6.07) is 9.69. The van der Waals surface area contributed by atoms with Crippen molar-refractivity contribution in [3.05, 3.63) is 34.9 Å². The molecule has 1 N–H and O–H groups in total. The van der Waals surface area contributed by atoms with Crippen molar-refractivity contribution in [3.63, 3.8) is 0 Å². The Morgan fingerprint density at radius 3 is 2.86 bits per heavy atom. The van der Waals surface area contributed by atoms with Gasteiger partial charge in [-0.2, -0.15) is 0 Å². The van der Waals surface area contributed by atoms with Gasteiger partial charge in [-0.15, -0.1) is 0 Å². The van der Waals surface area contributed by atoms with Gasteiger partial charge in [0.05, 0.1) is 0 Å². The molecule has 1 aromatic carbocycles. The normalized spacial score (nSPS) is 28.5. The monoisotopic (exact) mass is 306 g/mol. The quantitative estimate of drug-likeness (QED) is 0.886. The smallest absolute Gasteiger partial charge is 0.0409 e. The van der Waals surface area contributed by atoms with Gasteiger partial charge in [0.2, 0.25) is 0 Å². The van der Waals surface area contributed by atoms with E-state index in [2.05, 4.69) is 42.3 Å². The van der Waals surface area contributed by atoms with Gasteiger partial charge in [0.15, 0.2) is 0 Å². The van der Waals surface area contributed by atoms with Crippen molar-refractivity contribution in [2.45, 2.75) is 51.7 Å². The zero-order valence-corrected chi connectivity index (χ0v) is 13.9. The van der Waals surface area contributed by atoms with Crippen LogP contribution in [-0.4, -0.2) is 30.1 Å². The zero-order valence-electron chi connectivity index (χ0n) is 13.2. The van der Waals surface area contributed by atoms with E-state index in [1.54, 1.807) is 0 Å². The molecule has 1 aliphatic heterocycles. The van der Waals surface area contributed by atoms with Crippen LogP contribution in [0.5, 0.6) is 0 Å². The Labute approximate surface area is 133 Å². The van der Waals surface area contributed by atoms with E-state index >= 15 is 0 Å². The third kappa shape index (κ3) is 3.80. The lowest BCUT2D eigenvalue weighted by Gasteiger charge is -2.42.